The topological polar surface area (TPSA) is 530 Å². The second-order valence-electron chi connectivity index (χ2n) is 30.4. The van der Waals surface area contributed by atoms with Gasteiger partial charge in [-0.25, -0.2) is 4.98 Å². The average Bonchev–Trinajstić information content (AvgIpc) is 1.39. The smallest absolute Gasteiger partial charge is 0.321 e. The highest BCUT2D eigenvalue weighted by Gasteiger charge is 2.39. The number of H-pyrrole nitrogens is 1. The van der Waals surface area contributed by atoms with Crippen molar-refractivity contribution in [3.63, 3.8) is 0 Å². The summed E-state index contributed by atoms with van der Waals surface area (Å²) >= 11 is 0. The highest BCUT2D eigenvalue weighted by atomic mass is 16.4. The van der Waals surface area contributed by atoms with E-state index in [0.717, 1.165) is 96.3 Å². The molecule has 2 rings (SSSR count). The molecule has 0 saturated carbocycles. The first-order valence-corrected chi connectivity index (χ1v) is 39.7. The third-order valence-electron chi connectivity index (χ3n) is 19.9. The first-order chi connectivity index (χ1) is 49.5. The highest BCUT2D eigenvalue weighted by molar-refractivity contribution is 5.99. The van der Waals surface area contributed by atoms with Crippen molar-refractivity contribution in [1.29, 1.82) is 0 Å². The zero-order chi connectivity index (χ0) is 77.2. The van der Waals surface area contributed by atoms with Gasteiger partial charge in [-0.2, -0.15) is 0 Å². The van der Waals surface area contributed by atoms with E-state index in [9.17, 15) is 63.6 Å². The van der Waals surface area contributed by atoms with Crippen LogP contribution in [-0.2, 0) is 49.6 Å². The second kappa shape index (κ2) is 56.4. The maximum atomic E-state index is 14.1. The molecule has 1 aliphatic heterocycles. The van der Waals surface area contributed by atoms with Crippen LogP contribution >= 0.6 is 0 Å². The van der Waals surface area contributed by atoms with E-state index in [1.54, 1.807) is 13.8 Å². The summed E-state index contributed by atoms with van der Waals surface area (Å²) in [5.74, 6) is -9.57. The highest BCUT2D eigenvalue weighted by Crippen LogP contribution is 2.20. The van der Waals surface area contributed by atoms with E-state index < -0.39 is 145 Å². The van der Waals surface area contributed by atoms with Crippen molar-refractivity contribution in [2.24, 2.45) is 46.1 Å². The maximum absolute atomic E-state index is 14.1. The van der Waals surface area contributed by atoms with Crippen molar-refractivity contribution < 1.29 is 63.6 Å². The lowest BCUT2D eigenvalue weighted by molar-refractivity contribution is -0.140. The summed E-state index contributed by atoms with van der Waals surface area (Å²) in [4.78, 5) is 125. The first-order valence-electron chi connectivity index (χ1n) is 39.7. The number of aliphatic carboxylic acids is 1. The van der Waals surface area contributed by atoms with Gasteiger partial charge in [0.1, 0.15) is 30.2 Å². The molecule has 29 nitrogen and oxygen atoms in total. The van der Waals surface area contributed by atoms with Crippen molar-refractivity contribution in [3.05, 3.63) is 18.2 Å². The number of aliphatic hydroxyl groups is 3. The van der Waals surface area contributed by atoms with Gasteiger partial charge in [0.05, 0.1) is 62.4 Å². The quantitative estimate of drug-likeness (QED) is 0.0404. The van der Waals surface area contributed by atoms with Crippen molar-refractivity contribution in [2.75, 3.05) is 6.54 Å². The normalized spacial score (nSPS) is 19.1. The molecule has 15 atom stereocenters. The van der Waals surface area contributed by atoms with Gasteiger partial charge in [-0.3, -0.25) is 43.2 Å². The molecule has 26 N–H and O–H groups in total. The number of nitrogens with two attached hydrogens (primary N) is 7. The van der Waals surface area contributed by atoms with E-state index in [1.807, 2.05) is 0 Å². The van der Waals surface area contributed by atoms with Crippen LogP contribution in [0.2, 0.25) is 0 Å². The van der Waals surface area contributed by atoms with E-state index in [2.05, 4.69) is 54.1 Å². The maximum Gasteiger partial charge on any atom is 0.321 e. The van der Waals surface area contributed by atoms with Crippen molar-refractivity contribution in [2.45, 2.75) is 388 Å². The number of carboxylic acids is 1. The Morgan fingerprint density at radius 3 is 1.43 bits per heavy atom. The number of hydrogen-bond acceptors (Lipinski definition) is 19. The van der Waals surface area contributed by atoms with Gasteiger partial charge in [0.25, 0.3) is 0 Å². The van der Waals surface area contributed by atoms with Crippen LogP contribution in [0.1, 0.15) is 297 Å². The Labute approximate surface area is 620 Å². The minimum Gasteiger partial charge on any atom is -0.480 e. The molecule has 0 aliphatic carbocycles. The molecule has 104 heavy (non-hydrogen) atoms. The molecule has 29 heteroatoms. The zero-order valence-electron chi connectivity index (χ0n) is 63.7. The molecule has 14 unspecified atom stereocenters. The average molecular weight is 1480 g/mol. The number of imidazole rings is 1. The SMILES string of the molecule is CC(N)CCCCCCCC(N)CCCCCCCC(N)CCCCCCCC(N)CCCCCCCC(N)CCCCCCCC(O)CCNC(=O)CC(O)CC(O)C(NC(=O)C1NC(=O)C(CC(N)=O)NC(=O)C(NC(=O)[C@H](Cc2cnc[nH]2)NC(=O)CC(N)C(=O)O)CC(=O)NC1C)C(C)C. The van der Waals surface area contributed by atoms with E-state index in [-0.39, 0.29) is 25.4 Å². The minimum atomic E-state index is -1.76. The first kappa shape index (κ1) is 94.2. The number of nitrogens with zero attached hydrogens (tertiary/aromatic N) is 1. The second-order valence-corrected chi connectivity index (χ2v) is 30.4. The number of aromatic nitrogens is 2. The lowest BCUT2D eigenvalue weighted by Gasteiger charge is -2.32. The molecular weight excluding hydrogens is 1330 g/mol. The summed E-state index contributed by atoms with van der Waals surface area (Å²) in [6.45, 7) is 6.95. The van der Waals surface area contributed by atoms with Crippen molar-refractivity contribution in [1.82, 2.24) is 47.2 Å². The summed E-state index contributed by atoms with van der Waals surface area (Å²) in [5.41, 5.74) is 42.9. The molecule has 1 fully saturated rings. The molecule has 0 aromatic carbocycles. The molecule has 2 heterocycles. The number of aliphatic hydroxyl groups excluding tert-OH is 3. The van der Waals surface area contributed by atoms with Crippen LogP contribution < -0.4 is 77.4 Å². The van der Waals surface area contributed by atoms with Crippen LogP contribution in [0.3, 0.4) is 0 Å². The fourth-order valence-corrected chi connectivity index (χ4v) is 13.4. The summed E-state index contributed by atoms with van der Waals surface area (Å²) in [5, 5.41) is 59.5. The van der Waals surface area contributed by atoms with Crippen molar-refractivity contribution >= 4 is 53.2 Å². The number of unbranched alkanes of at least 4 members (excludes halogenated alkanes) is 20. The van der Waals surface area contributed by atoms with Crippen LogP contribution in [0.5, 0.6) is 0 Å². The van der Waals surface area contributed by atoms with Gasteiger partial charge >= 0.3 is 5.97 Å². The standard InChI is InChI=1S/C75H142N16O13/c1-50(2)69(90-74(102)70-52(4)86-68(98)47-63(72(100)88-62(46-65(82)95)73(101)91-70)89-71(99)61(42-57-48-83-49-85-57)87-67(97)45-60(81)75(103)104)64(94)43-59(93)44-66(96)84-41-40-58(92)39-29-19-9-18-28-38-56(80)37-27-17-8-16-26-36-55(79)35-25-15-7-14-24-34-54(78)33-23-13-6-12-22-32-53(77)31-21-11-5-10-20-30-51(3)76/h48-56,58-64,69-70,92-94H,5-47,76-81H2,1-4H3,(H2,82,95)(H,83,85)(H,84,96)(H,86,98)(H,87,97)(H,88,100)(H,89,99)(H,90,102)(H,91,101)(H,103,104)/t51?,52?,53?,54?,55?,56?,58?,59?,60?,61-,62?,63?,64?,69?,70?/m0/s1. The van der Waals surface area contributed by atoms with Gasteiger partial charge in [0.2, 0.25) is 47.3 Å². The van der Waals surface area contributed by atoms with E-state index in [0.29, 0.717) is 42.7 Å². The monoisotopic (exact) mass is 1480 g/mol. The summed E-state index contributed by atoms with van der Waals surface area (Å²) in [6.07, 6.45) is 36.9. The predicted molar refractivity (Wildman–Crippen MR) is 405 cm³/mol. The van der Waals surface area contributed by atoms with Gasteiger partial charge in [-0.05, 0) is 90.4 Å². The number of carbonyl (C=O) groups excluding carboxylic acids is 8. The van der Waals surface area contributed by atoms with Crippen LogP contribution in [0.15, 0.2) is 12.5 Å². The summed E-state index contributed by atoms with van der Waals surface area (Å²) in [6, 6.07) is -9.03. The molecule has 0 spiro atoms. The predicted octanol–water partition coefficient (Wildman–Crippen LogP) is 4.30. The lowest BCUT2D eigenvalue weighted by Crippen LogP contribution is -2.62. The molecule has 0 bridgehead atoms. The fraction of sp³-hybridized carbons (Fsp3) is 0.840. The number of aromatic amines is 1. The van der Waals surface area contributed by atoms with Gasteiger partial charge in [-0.1, -0.05) is 174 Å². The number of amides is 8. The zero-order valence-corrected chi connectivity index (χ0v) is 63.7. The third kappa shape index (κ3) is 46.2. The van der Waals surface area contributed by atoms with Crippen LogP contribution in [0.25, 0.3) is 0 Å². The van der Waals surface area contributed by atoms with E-state index in [1.165, 1.54) is 141 Å². The molecule has 1 aliphatic rings. The Hall–Kier alpha value is -5.92. The van der Waals surface area contributed by atoms with Gasteiger partial charge in [-0.15, -0.1) is 0 Å². The summed E-state index contributed by atoms with van der Waals surface area (Å²) in [7, 11) is 0. The van der Waals surface area contributed by atoms with Gasteiger partial charge < -0.3 is 103 Å². The fourth-order valence-electron chi connectivity index (χ4n) is 13.4. The number of nitrogens with one attached hydrogen (secondary N) is 8. The Morgan fingerprint density at radius 2 is 1.01 bits per heavy atom. The Kier molecular flexibility index (Phi) is 51.0. The number of hydrogen-bond donors (Lipinski definition) is 19. The molecule has 1 saturated heterocycles. The molecule has 1 aromatic heterocycles. The Balaban J connectivity index is 1.60. The van der Waals surface area contributed by atoms with Gasteiger partial charge in [0.15, 0.2) is 0 Å². The van der Waals surface area contributed by atoms with E-state index in [4.69, 9.17) is 40.1 Å². The Bertz CT molecular complexity index is 2540. The lowest BCUT2D eigenvalue weighted by atomic mass is 9.93. The Morgan fingerprint density at radius 1 is 0.558 bits per heavy atom. The van der Waals surface area contributed by atoms with Crippen LogP contribution in [0, 0.1) is 5.92 Å². The van der Waals surface area contributed by atoms with Crippen LogP contribution in [0.4, 0.5) is 0 Å². The number of rotatable bonds is 61. The molecule has 8 amide bonds. The van der Waals surface area contributed by atoms with E-state index >= 15 is 0 Å². The molecular formula is C75H142N16O13. The number of carbonyl (C=O) groups is 9. The van der Waals surface area contributed by atoms with Gasteiger partial charge in [0, 0.05) is 61.5 Å². The number of primary amides is 1. The number of carboxylic acid groups (broad SMARTS) is 1. The summed E-state index contributed by atoms with van der Waals surface area (Å²) < 4.78 is 0. The minimum absolute atomic E-state index is 0.168. The van der Waals surface area contributed by atoms with Crippen molar-refractivity contribution in [3.8, 4) is 0 Å². The van der Waals surface area contributed by atoms with Crippen LogP contribution in [-0.4, -0.2) is 181 Å². The molecule has 600 valence electrons. The third-order valence-corrected chi connectivity index (χ3v) is 19.9. The molecule has 0 radical (unpaired) electrons. The largest absolute Gasteiger partial charge is 0.480 e. The molecule has 1 aromatic rings.